The van der Waals surface area contributed by atoms with E-state index >= 15 is 0 Å². The number of aromatic nitrogens is 2. The predicted molar refractivity (Wildman–Crippen MR) is 76.7 cm³/mol. The fourth-order valence-corrected chi connectivity index (χ4v) is 3.42. The number of aromatic carboxylic acids is 1. The summed E-state index contributed by atoms with van der Waals surface area (Å²) in [5.41, 5.74) is 1.64. The lowest BCUT2D eigenvalue weighted by Crippen LogP contribution is -1.96. The Morgan fingerprint density at radius 2 is 2.26 bits per heavy atom. The summed E-state index contributed by atoms with van der Waals surface area (Å²) in [5.74, 6) is -0.286. The van der Waals surface area contributed by atoms with Crippen LogP contribution in [0, 0.1) is 6.92 Å². The van der Waals surface area contributed by atoms with Crippen molar-refractivity contribution in [1.82, 2.24) is 9.97 Å². The normalized spacial score (nSPS) is 10.8. The number of fused-ring (bicyclic) bond motifs is 1. The molecule has 3 aromatic rings. The molecule has 0 radical (unpaired) electrons. The van der Waals surface area contributed by atoms with E-state index in [0.717, 1.165) is 11.1 Å². The minimum absolute atomic E-state index is 0.309. The van der Waals surface area contributed by atoms with Gasteiger partial charge in [0.25, 0.3) is 0 Å². The second-order valence-electron chi connectivity index (χ2n) is 3.90. The first-order valence-corrected chi connectivity index (χ1v) is 7.19. The van der Waals surface area contributed by atoms with Crippen LogP contribution in [0.5, 0.6) is 0 Å². The molecular weight excluding hydrogens is 282 g/mol. The SMILES string of the molecule is Cc1c(C(=O)O)sc2ncnc(Nc3ccsc3)c12. The van der Waals surface area contributed by atoms with Gasteiger partial charge in [0.1, 0.15) is 21.9 Å². The van der Waals surface area contributed by atoms with Gasteiger partial charge in [0, 0.05) is 5.38 Å². The van der Waals surface area contributed by atoms with Crippen LogP contribution in [0.1, 0.15) is 15.2 Å². The molecule has 0 aliphatic heterocycles. The van der Waals surface area contributed by atoms with Gasteiger partial charge in [0.2, 0.25) is 0 Å². The van der Waals surface area contributed by atoms with Crippen molar-refractivity contribution in [2.45, 2.75) is 6.92 Å². The van der Waals surface area contributed by atoms with Crippen LogP contribution < -0.4 is 5.32 Å². The maximum Gasteiger partial charge on any atom is 0.346 e. The summed E-state index contributed by atoms with van der Waals surface area (Å²) in [5, 5.41) is 17.1. The zero-order valence-electron chi connectivity index (χ0n) is 9.88. The molecule has 0 atom stereocenters. The highest BCUT2D eigenvalue weighted by atomic mass is 32.1. The van der Waals surface area contributed by atoms with Gasteiger partial charge in [-0.3, -0.25) is 0 Å². The third-order valence-corrected chi connectivity index (χ3v) is 4.58. The van der Waals surface area contributed by atoms with Crippen molar-refractivity contribution in [2.75, 3.05) is 5.32 Å². The van der Waals surface area contributed by atoms with E-state index in [1.165, 1.54) is 17.7 Å². The minimum atomic E-state index is -0.929. The average molecular weight is 291 g/mol. The number of aryl methyl sites for hydroxylation is 1. The largest absolute Gasteiger partial charge is 0.477 e. The van der Waals surface area contributed by atoms with Crippen molar-refractivity contribution < 1.29 is 9.90 Å². The van der Waals surface area contributed by atoms with Gasteiger partial charge < -0.3 is 10.4 Å². The summed E-state index contributed by atoms with van der Waals surface area (Å²) in [6, 6.07) is 1.94. The third kappa shape index (κ3) is 2.06. The van der Waals surface area contributed by atoms with Crippen molar-refractivity contribution in [2.24, 2.45) is 0 Å². The summed E-state index contributed by atoms with van der Waals surface area (Å²) < 4.78 is 0. The molecule has 0 bridgehead atoms. The van der Waals surface area contributed by atoms with E-state index in [4.69, 9.17) is 5.11 Å². The van der Waals surface area contributed by atoms with Gasteiger partial charge >= 0.3 is 5.97 Å². The Morgan fingerprint density at radius 3 is 2.95 bits per heavy atom. The van der Waals surface area contributed by atoms with Gasteiger partial charge in [-0.2, -0.15) is 11.3 Å². The first kappa shape index (κ1) is 12.1. The van der Waals surface area contributed by atoms with Gasteiger partial charge in [-0.25, -0.2) is 14.8 Å². The maximum atomic E-state index is 11.2. The van der Waals surface area contributed by atoms with E-state index in [1.54, 1.807) is 18.3 Å². The Bertz CT molecular complexity index is 750. The lowest BCUT2D eigenvalue weighted by atomic mass is 10.2. The first-order chi connectivity index (χ1) is 9.16. The zero-order chi connectivity index (χ0) is 13.4. The Morgan fingerprint density at radius 1 is 1.42 bits per heavy atom. The second kappa shape index (κ2) is 4.60. The number of nitrogens with zero attached hydrogens (tertiary/aromatic N) is 2. The van der Waals surface area contributed by atoms with Crippen LogP contribution >= 0.6 is 22.7 Å². The summed E-state index contributed by atoms with van der Waals surface area (Å²) in [7, 11) is 0. The third-order valence-electron chi connectivity index (χ3n) is 2.70. The number of hydrogen-bond acceptors (Lipinski definition) is 6. The van der Waals surface area contributed by atoms with Crippen LogP contribution in [0.25, 0.3) is 10.2 Å². The zero-order valence-corrected chi connectivity index (χ0v) is 11.5. The molecule has 0 saturated heterocycles. The second-order valence-corrected chi connectivity index (χ2v) is 5.68. The van der Waals surface area contributed by atoms with Crippen molar-refractivity contribution in [3.8, 4) is 0 Å². The first-order valence-electron chi connectivity index (χ1n) is 5.43. The van der Waals surface area contributed by atoms with E-state index in [9.17, 15) is 4.79 Å². The van der Waals surface area contributed by atoms with Gasteiger partial charge in [-0.1, -0.05) is 0 Å². The smallest absolute Gasteiger partial charge is 0.346 e. The molecule has 0 aliphatic carbocycles. The highest BCUT2D eigenvalue weighted by Crippen LogP contribution is 2.34. The van der Waals surface area contributed by atoms with Crippen LogP contribution in [-0.2, 0) is 0 Å². The maximum absolute atomic E-state index is 11.2. The fourth-order valence-electron chi connectivity index (χ4n) is 1.84. The molecule has 0 unspecified atom stereocenters. The minimum Gasteiger partial charge on any atom is -0.477 e. The van der Waals surface area contributed by atoms with Crippen molar-refractivity contribution >= 4 is 50.4 Å². The average Bonchev–Trinajstić information content (AvgIpc) is 2.98. The summed E-state index contributed by atoms with van der Waals surface area (Å²) >= 11 is 2.75. The molecule has 19 heavy (non-hydrogen) atoms. The number of nitrogens with one attached hydrogen (secondary N) is 1. The fraction of sp³-hybridized carbons (Fsp3) is 0.0833. The molecule has 3 heterocycles. The van der Waals surface area contributed by atoms with Gasteiger partial charge in [0.05, 0.1) is 11.1 Å². The number of hydrogen-bond donors (Lipinski definition) is 2. The Labute approximate surface area is 116 Å². The standard InChI is InChI=1S/C12H9N3O2S2/c1-6-8-10(15-7-2-3-18-4-7)13-5-14-11(8)19-9(6)12(16)17/h2-5H,1H3,(H,16,17)(H,13,14,15). The number of carboxylic acids is 1. The molecule has 7 heteroatoms. The van der Waals surface area contributed by atoms with Crippen molar-refractivity contribution in [3.05, 3.63) is 33.6 Å². The number of anilines is 2. The van der Waals surface area contributed by atoms with Crippen molar-refractivity contribution in [1.29, 1.82) is 0 Å². The molecule has 0 aliphatic rings. The van der Waals surface area contributed by atoms with Crippen LogP contribution in [-0.4, -0.2) is 21.0 Å². The quantitative estimate of drug-likeness (QED) is 0.772. The molecular formula is C12H9N3O2S2. The topological polar surface area (TPSA) is 75.1 Å². The molecule has 0 aromatic carbocycles. The molecule has 2 N–H and O–H groups in total. The molecule has 0 saturated carbocycles. The van der Waals surface area contributed by atoms with Crippen LogP contribution in [0.15, 0.2) is 23.2 Å². The summed E-state index contributed by atoms with van der Waals surface area (Å²) in [6.07, 6.45) is 1.44. The molecule has 0 amide bonds. The Kier molecular flexibility index (Phi) is 2.92. The molecule has 3 rings (SSSR count). The van der Waals surface area contributed by atoms with Gasteiger partial charge in [0.15, 0.2) is 0 Å². The van der Waals surface area contributed by atoms with E-state index in [2.05, 4.69) is 15.3 Å². The molecule has 96 valence electrons. The monoisotopic (exact) mass is 291 g/mol. The van der Waals surface area contributed by atoms with Crippen LogP contribution in [0.2, 0.25) is 0 Å². The van der Waals surface area contributed by atoms with E-state index < -0.39 is 5.97 Å². The predicted octanol–water partition coefficient (Wildman–Crippen LogP) is 3.50. The molecule has 0 fully saturated rings. The van der Waals surface area contributed by atoms with E-state index in [0.29, 0.717) is 21.1 Å². The number of carbonyl (C=O) groups is 1. The lowest BCUT2D eigenvalue weighted by molar-refractivity contribution is 0.0701. The summed E-state index contributed by atoms with van der Waals surface area (Å²) in [4.78, 5) is 20.5. The van der Waals surface area contributed by atoms with Crippen molar-refractivity contribution in [3.63, 3.8) is 0 Å². The number of thiophene rings is 2. The molecule has 3 aromatic heterocycles. The highest BCUT2D eigenvalue weighted by Gasteiger charge is 2.18. The molecule has 0 spiro atoms. The Hall–Kier alpha value is -1.99. The number of carboxylic acid groups (broad SMARTS) is 1. The highest BCUT2D eigenvalue weighted by molar-refractivity contribution is 7.20. The van der Waals surface area contributed by atoms with E-state index in [-0.39, 0.29) is 0 Å². The van der Waals surface area contributed by atoms with Crippen LogP contribution in [0.4, 0.5) is 11.5 Å². The van der Waals surface area contributed by atoms with Gasteiger partial charge in [-0.15, -0.1) is 11.3 Å². The number of rotatable bonds is 3. The summed E-state index contributed by atoms with van der Waals surface area (Å²) in [6.45, 7) is 1.78. The Balaban J connectivity index is 2.17. The molecule has 5 nitrogen and oxygen atoms in total. The van der Waals surface area contributed by atoms with E-state index in [1.807, 2.05) is 16.8 Å². The van der Waals surface area contributed by atoms with Crippen LogP contribution in [0.3, 0.4) is 0 Å². The lowest BCUT2D eigenvalue weighted by Gasteiger charge is -2.04. The van der Waals surface area contributed by atoms with Gasteiger partial charge in [-0.05, 0) is 23.9 Å².